The van der Waals surface area contributed by atoms with E-state index in [-0.39, 0.29) is 0 Å². The zero-order chi connectivity index (χ0) is 16.0. The number of pyridine rings is 1. The van der Waals surface area contributed by atoms with Crippen molar-refractivity contribution in [2.24, 2.45) is 11.8 Å². The van der Waals surface area contributed by atoms with Crippen LogP contribution >= 0.6 is 0 Å². The highest BCUT2D eigenvalue weighted by molar-refractivity contribution is 6.39. The van der Waals surface area contributed by atoms with Crippen LogP contribution in [0.25, 0.3) is 0 Å². The lowest BCUT2D eigenvalue weighted by atomic mass is 10.1. The molecule has 21 heavy (non-hydrogen) atoms. The Hall–Kier alpha value is -1.91. The highest BCUT2D eigenvalue weighted by atomic mass is 16.2. The summed E-state index contributed by atoms with van der Waals surface area (Å²) in [5.41, 5.74) is 0.981. The predicted octanol–water partition coefficient (Wildman–Crippen LogP) is 2.47. The van der Waals surface area contributed by atoms with Crippen molar-refractivity contribution in [3.8, 4) is 0 Å². The molecule has 1 heterocycles. The Morgan fingerprint density at radius 3 is 2.24 bits per heavy atom. The standard InChI is InChI=1S/C16H25N3O2/c1-11(2)9-19(10-12(3)4)16(21)15(20)18-14-8-13(5)6-7-17-14/h6-8,11-12H,9-10H2,1-5H3,(H,17,18,20). The third-order valence-electron chi connectivity index (χ3n) is 2.81. The van der Waals surface area contributed by atoms with Crippen molar-refractivity contribution in [2.75, 3.05) is 18.4 Å². The Labute approximate surface area is 126 Å². The van der Waals surface area contributed by atoms with Crippen molar-refractivity contribution in [1.82, 2.24) is 9.88 Å². The van der Waals surface area contributed by atoms with Gasteiger partial charge in [0.25, 0.3) is 0 Å². The zero-order valence-electron chi connectivity index (χ0n) is 13.5. The monoisotopic (exact) mass is 291 g/mol. The largest absolute Gasteiger partial charge is 0.334 e. The van der Waals surface area contributed by atoms with E-state index >= 15 is 0 Å². The summed E-state index contributed by atoms with van der Waals surface area (Å²) in [6.07, 6.45) is 1.61. The fourth-order valence-corrected chi connectivity index (χ4v) is 2.04. The molecule has 0 spiro atoms. The molecule has 0 unspecified atom stereocenters. The molecule has 5 nitrogen and oxygen atoms in total. The molecule has 5 heteroatoms. The van der Waals surface area contributed by atoms with Crippen molar-refractivity contribution in [3.05, 3.63) is 23.9 Å². The second kappa shape index (κ2) is 7.76. The first-order valence-electron chi connectivity index (χ1n) is 7.32. The first-order valence-corrected chi connectivity index (χ1v) is 7.32. The van der Waals surface area contributed by atoms with Gasteiger partial charge in [0.2, 0.25) is 0 Å². The minimum atomic E-state index is -0.630. The van der Waals surface area contributed by atoms with E-state index in [4.69, 9.17) is 0 Å². The van der Waals surface area contributed by atoms with Gasteiger partial charge in [-0.2, -0.15) is 0 Å². The number of nitrogens with zero attached hydrogens (tertiary/aromatic N) is 2. The van der Waals surface area contributed by atoms with Crippen LogP contribution in [0.2, 0.25) is 0 Å². The molecule has 0 radical (unpaired) electrons. The van der Waals surface area contributed by atoms with Crippen molar-refractivity contribution >= 4 is 17.6 Å². The van der Waals surface area contributed by atoms with Crippen molar-refractivity contribution in [3.63, 3.8) is 0 Å². The summed E-state index contributed by atoms with van der Waals surface area (Å²) in [6.45, 7) is 11.2. The van der Waals surface area contributed by atoms with Gasteiger partial charge in [0, 0.05) is 19.3 Å². The Balaban J connectivity index is 2.75. The Morgan fingerprint density at radius 2 is 1.76 bits per heavy atom. The fourth-order valence-electron chi connectivity index (χ4n) is 2.04. The summed E-state index contributed by atoms with van der Waals surface area (Å²) in [5.74, 6) is -0.0901. The van der Waals surface area contributed by atoms with Gasteiger partial charge in [-0.3, -0.25) is 9.59 Å². The quantitative estimate of drug-likeness (QED) is 0.848. The van der Waals surface area contributed by atoms with Crippen LogP contribution in [0.4, 0.5) is 5.82 Å². The summed E-state index contributed by atoms with van der Waals surface area (Å²) < 4.78 is 0. The van der Waals surface area contributed by atoms with E-state index in [0.29, 0.717) is 30.7 Å². The lowest BCUT2D eigenvalue weighted by molar-refractivity contribution is -0.143. The second-order valence-electron chi connectivity index (χ2n) is 6.17. The normalized spacial score (nSPS) is 10.8. The highest BCUT2D eigenvalue weighted by Gasteiger charge is 2.23. The molecular formula is C16H25N3O2. The third kappa shape index (κ3) is 5.94. The molecule has 0 aliphatic heterocycles. The van der Waals surface area contributed by atoms with Gasteiger partial charge in [0.15, 0.2) is 0 Å². The van der Waals surface area contributed by atoms with Crippen LogP contribution in [0.1, 0.15) is 33.3 Å². The smallest absolute Gasteiger partial charge is 0.315 e. The summed E-state index contributed by atoms with van der Waals surface area (Å²) in [5, 5.41) is 2.57. The van der Waals surface area contributed by atoms with E-state index < -0.39 is 11.8 Å². The average Bonchev–Trinajstić information content (AvgIpc) is 2.35. The van der Waals surface area contributed by atoms with Crippen molar-refractivity contribution < 1.29 is 9.59 Å². The highest BCUT2D eigenvalue weighted by Crippen LogP contribution is 2.08. The molecule has 0 saturated heterocycles. The van der Waals surface area contributed by atoms with Crippen LogP contribution in [0.15, 0.2) is 18.3 Å². The molecule has 116 valence electrons. The maximum atomic E-state index is 12.3. The van der Waals surface area contributed by atoms with E-state index in [1.54, 1.807) is 17.2 Å². The predicted molar refractivity (Wildman–Crippen MR) is 83.9 cm³/mol. The van der Waals surface area contributed by atoms with Gasteiger partial charge in [0.1, 0.15) is 5.82 Å². The van der Waals surface area contributed by atoms with Gasteiger partial charge in [-0.15, -0.1) is 0 Å². The SMILES string of the molecule is Cc1ccnc(NC(=O)C(=O)N(CC(C)C)CC(C)C)c1. The van der Waals surface area contributed by atoms with Crippen LogP contribution in [0.3, 0.4) is 0 Å². The van der Waals surface area contributed by atoms with E-state index in [1.165, 1.54) is 0 Å². The molecule has 1 aromatic rings. The first-order chi connectivity index (χ1) is 9.79. The number of amides is 2. The van der Waals surface area contributed by atoms with E-state index in [0.717, 1.165) is 5.56 Å². The van der Waals surface area contributed by atoms with Crippen LogP contribution in [-0.4, -0.2) is 34.8 Å². The minimum Gasteiger partial charge on any atom is -0.334 e. The number of rotatable bonds is 5. The number of carbonyl (C=O) groups is 2. The zero-order valence-corrected chi connectivity index (χ0v) is 13.5. The van der Waals surface area contributed by atoms with Gasteiger partial charge < -0.3 is 10.2 Å². The van der Waals surface area contributed by atoms with E-state index in [1.807, 2.05) is 40.7 Å². The molecular weight excluding hydrogens is 266 g/mol. The molecule has 0 aliphatic carbocycles. The lowest BCUT2D eigenvalue weighted by Crippen LogP contribution is -2.43. The number of hydrogen-bond acceptors (Lipinski definition) is 3. The number of carbonyl (C=O) groups excluding carboxylic acids is 2. The maximum absolute atomic E-state index is 12.3. The first kappa shape index (κ1) is 17.1. The number of hydrogen-bond donors (Lipinski definition) is 1. The summed E-state index contributed by atoms with van der Waals surface area (Å²) >= 11 is 0. The summed E-state index contributed by atoms with van der Waals surface area (Å²) in [4.78, 5) is 30.0. The van der Waals surface area contributed by atoms with Crippen LogP contribution in [-0.2, 0) is 9.59 Å². The summed E-state index contributed by atoms with van der Waals surface area (Å²) in [6, 6.07) is 3.57. The van der Waals surface area contributed by atoms with Gasteiger partial charge in [-0.25, -0.2) is 4.98 Å². The van der Waals surface area contributed by atoms with Crippen molar-refractivity contribution in [1.29, 1.82) is 0 Å². The molecule has 1 aromatic heterocycles. The minimum absolute atomic E-state index is 0.317. The molecule has 0 bridgehead atoms. The molecule has 0 saturated carbocycles. The van der Waals surface area contributed by atoms with Gasteiger partial charge in [0.05, 0.1) is 0 Å². The Bertz CT molecular complexity index is 488. The van der Waals surface area contributed by atoms with Crippen molar-refractivity contribution in [2.45, 2.75) is 34.6 Å². The fraction of sp³-hybridized carbons (Fsp3) is 0.562. The van der Waals surface area contributed by atoms with Gasteiger partial charge in [-0.1, -0.05) is 27.7 Å². The Kier molecular flexibility index (Phi) is 6.34. The Morgan fingerprint density at radius 1 is 1.19 bits per heavy atom. The van der Waals surface area contributed by atoms with E-state index in [9.17, 15) is 9.59 Å². The molecule has 1 rings (SSSR count). The number of aromatic nitrogens is 1. The average molecular weight is 291 g/mol. The lowest BCUT2D eigenvalue weighted by Gasteiger charge is -2.25. The molecule has 1 N–H and O–H groups in total. The number of nitrogens with one attached hydrogen (secondary N) is 1. The molecule has 2 amide bonds. The van der Waals surface area contributed by atoms with E-state index in [2.05, 4.69) is 10.3 Å². The molecule has 0 aliphatic rings. The molecule has 0 aromatic carbocycles. The topological polar surface area (TPSA) is 62.3 Å². The third-order valence-corrected chi connectivity index (χ3v) is 2.81. The van der Waals surface area contributed by atoms with Gasteiger partial charge in [-0.05, 0) is 36.5 Å². The van der Waals surface area contributed by atoms with Crippen LogP contribution in [0.5, 0.6) is 0 Å². The summed E-state index contributed by atoms with van der Waals surface area (Å²) in [7, 11) is 0. The number of aryl methyl sites for hydroxylation is 1. The molecule has 0 fully saturated rings. The van der Waals surface area contributed by atoms with Crippen LogP contribution < -0.4 is 5.32 Å². The molecule has 0 atom stereocenters. The number of anilines is 1. The maximum Gasteiger partial charge on any atom is 0.315 e. The van der Waals surface area contributed by atoms with Crippen LogP contribution in [0, 0.1) is 18.8 Å². The van der Waals surface area contributed by atoms with Gasteiger partial charge >= 0.3 is 11.8 Å². The second-order valence-corrected chi connectivity index (χ2v) is 6.17.